The second-order valence-electron chi connectivity index (χ2n) is 7.81. The van der Waals surface area contributed by atoms with Gasteiger partial charge in [-0.05, 0) is 39.0 Å². The SMILES string of the molecule is C=C(C)CN1CCC(NC(=NC)NCCS(=O)(=O)NCC2CCCCO2)CC1. The molecule has 0 amide bonds. The van der Waals surface area contributed by atoms with E-state index >= 15 is 0 Å². The summed E-state index contributed by atoms with van der Waals surface area (Å²) in [6.07, 6.45) is 5.16. The zero-order chi connectivity index (χ0) is 20.4. The van der Waals surface area contributed by atoms with Gasteiger partial charge in [-0.3, -0.25) is 9.89 Å². The molecule has 0 radical (unpaired) electrons. The maximum atomic E-state index is 12.2. The zero-order valence-corrected chi connectivity index (χ0v) is 18.2. The van der Waals surface area contributed by atoms with Gasteiger partial charge in [0.05, 0.1) is 11.9 Å². The lowest BCUT2D eigenvalue weighted by atomic mass is 10.0. The molecule has 0 aromatic rings. The van der Waals surface area contributed by atoms with Gasteiger partial charge in [0, 0.05) is 52.4 Å². The van der Waals surface area contributed by atoms with Crippen LogP contribution in [0.3, 0.4) is 0 Å². The van der Waals surface area contributed by atoms with Crippen molar-refractivity contribution in [1.82, 2.24) is 20.3 Å². The Morgan fingerprint density at radius 3 is 2.61 bits per heavy atom. The number of nitrogens with zero attached hydrogens (tertiary/aromatic N) is 2. The summed E-state index contributed by atoms with van der Waals surface area (Å²) < 4.78 is 32.6. The predicted molar refractivity (Wildman–Crippen MR) is 114 cm³/mol. The highest BCUT2D eigenvalue weighted by atomic mass is 32.2. The monoisotopic (exact) mass is 415 g/mol. The van der Waals surface area contributed by atoms with Crippen LogP contribution in [-0.2, 0) is 14.8 Å². The lowest BCUT2D eigenvalue weighted by Crippen LogP contribution is -2.49. The van der Waals surface area contributed by atoms with E-state index in [1.807, 2.05) is 0 Å². The Labute approximate surface area is 170 Å². The van der Waals surface area contributed by atoms with Crippen molar-refractivity contribution < 1.29 is 13.2 Å². The van der Waals surface area contributed by atoms with Crippen molar-refractivity contribution in [1.29, 1.82) is 0 Å². The third-order valence-corrected chi connectivity index (χ3v) is 6.46. The molecule has 0 aliphatic carbocycles. The minimum atomic E-state index is -3.33. The first kappa shape index (κ1) is 23.1. The van der Waals surface area contributed by atoms with Crippen LogP contribution in [-0.4, -0.2) is 83.6 Å². The maximum Gasteiger partial charge on any atom is 0.213 e. The average molecular weight is 416 g/mol. The van der Waals surface area contributed by atoms with Crippen molar-refractivity contribution >= 4 is 16.0 Å². The molecule has 2 saturated heterocycles. The number of hydrogen-bond acceptors (Lipinski definition) is 5. The van der Waals surface area contributed by atoms with Crippen LogP contribution >= 0.6 is 0 Å². The van der Waals surface area contributed by atoms with Gasteiger partial charge in [-0.25, -0.2) is 13.1 Å². The topological polar surface area (TPSA) is 95.1 Å². The Morgan fingerprint density at radius 1 is 1.25 bits per heavy atom. The number of guanidine groups is 1. The summed E-state index contributed by atoms with van der Waals surface area (Å²) in [5.74, 6) is 0.668. The quantitative estimate of drug-likeness (QED) is 0.291. The normalized spacial score (nSPS) is 22.8. The molecular formula is C19H37N5O3S. The van der Waals surface area contributed by atoms with Crippen LogP contribution in [0.15, 0.2) is 17.1 Å². The fourth-order valence-corrected chi connectivity index (χ4v) is 4.52. The van der Waals surface area contributed by atoms with Crippen LogP contribution in [0.5, 0.6) is 0 Å². The number of hydrogen-bond donors (Lipinski definition) is 3. The van der Waals surface area contributed by atoms with E-state index in [-0.39, 0.29) is 11.9 Å². The molecule has 1 unspecified atom stereocenters. The highest BCUT2D eigenvalue weighted by molar-refractivity contribution is 7.89. The smallest absolute Gasteiger partial charge is 0.213 e. The zero-order valence-electron chi connectivity index (χ0n) is 17.4. The molecule has 8 nitrogen and oxygen atoms in total. The molecule has 0 bridgehead atoms. The number of aliphatic imine (C=N–C) groups is 1. The van der Waals surface area contributed by atoms with Crippen molar-refractivity contribution in [3.8, 4) is 0 Å². The largest absolute Gasteiger partial charge is 0.377 e. The minimum Gasteiger partial charge on any atom is -0.377 e. The van der Waals surface area contributed by atoms with E-state index in [1.165, 1.54) is 5.57 Å². The molecule has 0 aromatic carbocycles. The second kappa shape index (κ2) is 11.7. The number of sulfonamides is 1. The van der Waals surface area contributed by atoms with Crippen molar-refractivity contribution in [2.24, 2.45) is 4.99 Å². The Balaban J connectivity index is 1.64. The Kier molecular flexibility index (Phi) is 9.70. The van der Waals surface area contributed by atoms with E-state index in [0.717, 1.165) is 58.3 Å². The summed E-state index contributed by atoms with van der Waals surface area (Å²) in [6, 6.07) is 0.353. The first-order valence-electron chi connectivity index (χ1n) is 10.3. The minimum absolute atomic E-state index is 0.00154. The van der Waals surface area contributed by atoms with E-state index in [0.29, 0.717) is 25.1 Å². The molecule has 3 N–H and O–H groups in total. The molecule has 0 spiro atoms. The summed E-state index contributed by atoms with van der Waals surface area (Å²) in [5.41, 5.74) is 1.19. The summed E-state index contributed by atoms with van der Waals surface area (Å²) >= 11 is 0. The summed E-state index contributed by atoms with van der Waals surface area (Å²) in [7, 11) is -1.62. The second-order valence-corrected chi connectivity index (χ2v) is 9.73. The van der Waals surface area contributed by atoms with Crippen LogP contribution in [0.25, 0.3) is 0 Å². The Morgan fingerprint density at radius 2 is 2.00 bits per heavy atom. The van der Waals surface area contributed by atoms with Gasteiger partial charge in [0.25, 0.3) is 0 Å². The van der Waals surface area contributed by atoms with Gasteiger partial charge >= 0.3 is 0 Å². The lowest BCUT2D eigenvalue weighted by Gasteiger charge is -2.33. The lowest BCUT2D eigenvalue weighted by molar-refractivity contribution is 0.0200. The Bertz CT molecular complexity index is 609. The van der Waals surface area contributed by atoms with E-state index < -0.39 is 10.0 Å². The summed E-state index contributed by atoms with van der Waals surface area (Å²) in [6.45, 7) is 10.4. The number of ether oxygens (including phenoxy) is 1. The highest BCUT2D eigenvalue weighted by Gasteiger charge is 2.20. The van der Waals surface area contributed by atoms with Crippen LogP contribution in [0, 0.1) is 0 Å². The number of rotatable bonds is 9. The molecule has 2 aliphatic heterocycles. The molecule has 0 aromatic heterocycles. The van der Waals surface area contributed by atoms with E-state index in [1.54, 1.807) is 7.05 Å². The van der Waals surface area contributed by atoms with Crippen molar-refractivity contribution in [3.05, 3.63) is 12.2 Å². The third-order valence-electron chi connectivity index (χ3n) is 5.11. The average Bonchev–Trinajstić information content (AvgIpc) is 2.67. The van der Waals surface area contributed by atoms with Crippen molar-refractivity contribution in [2.75, 3.05) is 52.1 Å². The molecule has 2 rings (SSSR count). The van der Waals surface area contributed by atoms with Crippen LogP contribution in [0.2, 0.25) is 0 Å². The van der Waals surface area contributed by atoms with Gasteiger partial charge in [-0.1, -0.05) is 12.2 Å². The third kappa shape index (κ3) is 8.89. The van der Waals surface area contributed by atoms with E-state index in [4.69, 9.17) is 4.74 Å². The fraction of sp³-hybridized carbons (Fsp3) is 0.842. The molecule has 2 heterocycles. The van der Waals surface area contributed by atoms with E-state index in [9.17, 15) is 8.42 Å². The molecule has 2 aliphatic rings. The van der Waals surface area contributed by atoms with Crippen LogP contribution in [0.1, 0.15) is 39.0 Å². The predicted octanol–water partition coefficient (Wildman–Crippen LogP) is 0.680. The number of likely N-dealkylation sites (tertiary alicyclic amines) is 1. The Hall–Kier alpha value is -1.16. The summed E-state index contributed by atoms with van der Waals surface area (Å²) in [4.78, 5) is 6.63. The van der Waals surface area contributed by atoms with Crippen molar-refractivity contribution in [3.63, 3.8) is 0 Å². The van der Waals surface area contributed by atoms with Gasteiger partial charge < -0.3 is 15.4 Å². The molecule has 9 heteroatoms. The highest BCUT2D eigenvalue weighted by Crippen LogP contribution is 2.12. The molecule has 0 saturated carbocycles. The molecule has 162 valence electrons. The maximum absolute atomic E-state index is 12.2. The van der Waals surface area contributed by atoms with E-state index in [2.05, 4.69) is 38.8 Å². The fourth-order valence-electron chi connectivity index (χ4n) is 3.57. The molecular weight excluding hydrogens is 378 g/mol. The van der Waals surface area contributed by atoms with Gasteiger partial charge in [-0.15, -0.1) is 0 Å². The first-order chi connectivity index (χ1) is 13.4. The summed E-state index contributed by atoms with van der Waals surface area (Å²) in [5, 5.41) is 6.52. The van der Waals surface area contributed by atoms with Gasteiger partial charge in [-0.2, -0.15) is 0 Å². The number of nitrogens with one attached hydrogen (secondary N) is 3. The molecule has 2 fully saturated rings. The van der Waals surface area contributed by atoms with Gasteiger partial charge in [0.15, 0.2) is 5.96 Å². The molecule has 1 atom stereocenters. The molecule has 28 heavy (non-hydrogen) atoms. The van der Waals surface area contributed by atoms with Gasteiger partial charge in [0.1, 0.15) is 0 Å². The van der Waals surface area contributed by atoms with Crippen LogP contribution < -0.4 is 15.4 Å². The number of piperidine rings is 1. The van der Waals surface area contributed by atoms with Gasteiger partial charge in [0.2, 0.25) is 10.0 Å². The first-order valence-corrected chi connectivity index (χ1v) is 12.0. The standard InChI is InChI=1S/C19H37N5O3S/c1-16(2)15-24-10-7-17(8-11-24)23-19(20-3)21-9-13-28(25,26)22-14-18-6-4-5-12-27-18/h17-18,22H,1,4-15H2,2-3H3,(H2,20,21,23). The van der Waals surface area contributed by atoms with Crippen LogP contribution in [0.4, 0.5) is 0 Å². The van der Waals surface area contributed by atoms with Crippen molar-refractivity contribution in [2.45, 2.75) is 51.2 Å².